The second kappa shape index (κ2) is 5.67. The van der Waals surface area contributed by atoms with Crippen molar-refractivity contribution in [3.63, 3.8) is 0 Å². The Balaban J connectivity index is 1.87. The first kappa shape index (κ1) is 12.6. The van der Waals surface area contributed by atoms with E-state index in [2.05, 4.69) is 36.5 Å². The van der Waals surface area contributed by atoms with Gasteiger partial charge in [0.05, 0.1) is 0 Å². The van der Waals surface area contributed by atoms with Gasteiger partial charge in [-0.05, 0) is 43.2 Å². The van der Waals surface area contributed by atoms with Gasteiger partial charge in [0.2, 0.25) is 0 Å². The summed E-state index contributed by atoms with van der Waals surface area (Å²) in [7, 11) is 0. The van der Waals surface area contributed by atoms with Crippen LogP contribution in [-0.4, -0.2) is 0 Å². The quantitative estimate of drug-likeness (QED) is 0.869. The van der Waals surface area contributed by atoms with Crippen molar-refractivity contribution < 1.29 is 0 Å². The van der Waals surface area contributed by atoms with E-state index < -0.39 is 0 Å². The zero-order chi connectivity index (χ0) is 12.3. The molecule has 1 nitrogen and oxygen atoms in total. The van der Waals surface area contributed by atoms with Gasteiger partial charge in [-0.3, -0.25) is 0 Å². The third-order valence-electron chi connectivity index (χ3n) is 2.66. The molecular formula is C14H16ClNS. The average Bonchev–Trinajstić information content (AvgIpc) is 2.70. The molecule has 1 heterocycles. The number of thiophene rings is 1. The van der Waals surface area contributed by atoms with E-state index in [1.165, 1.54) is 15.3 Å². The van der Waals surface area contributed by atoms with Gasteiger partial charge in [-0.2, -0.15) is 0 Å². The van der Waals surface area contributed by atoms with Crippen LogP contribution in [0.2, 0.25) is 5.02 Å². The highest BCUT2D eigenvalue weighted by Gasteiger charge is 1.99. The van der Waals surface area contributed by atoms with Gasteiger partial charge in [0, 0.05) is 27.9 Å². The Kier molecular flexibility index (Phi) is 4.21. The minimum Gasteiger partial charge on any atom is -0.308 e. The second-order valence-corrected chi connectivity index (χ2v) is 5.98. The SMILES string of the molecule is Cc1ccc(CNCc2ccc(C)c(Cl)c2)s1. The Morgan fingerprint density at radius 2 is 1.94 bits per heavy atom. The fraction of sp³-hybridized carbons (Fsp3) is 0.286. The van der Waals surface area contributed by atoms with E-state index in [4.69, 9.17) is 11.6 Å². The maximum absolute atomic E-state index is 6.09. The van der Waals surface area contributed by atoms with Gasteiger partial charge in [0.1, 0.15) is 0 Å². The van der Waals surface area contributed by atoms with Crippen LogP contribution in [0, 0.1) is 13.8 Å². The van der Waals surface area contributed by atoms with Gasteiger partial charge >= 0.3 is 0 Å². The first-order valence-electron chi connectivity index (χ1n) is 5.66. The molecule has 0 spiro atoms. The molecule has 0 radical (unpaired) electrons. The summed E-state index contributed by atoms with van der Waals surface area (Å²) in [4.78, 5) is 2.74. The molecular weight excluding hydrogens is 250 g/mol. The smallest absolute Gasteiger partial charge is 0.0438 e. The summed E-state index contributed by atoms with van der Waals surface area (Å²) in [5.74, 6) is 0. The minimum atomic E-state index is 0.844. The summed E-state index contributed by atoms with van der Waals surface area (Å²) in [5, 5.41) is 4.27. The molecule has 0 aliphatic rings. The monoisotopic (exact) mass is 265 g/mol. The highest BCUT2D eigenvalue weighted by Crippen LogP contribution is 2.17. The topological polar surface area (TPSA) is 12.0 Å². The summed E-state index contributed by atoms with van der Waals surface area (Å²) in [6.45, 7) is 5.93. The maximum Gasteiger partial charge on any atom is 0.0438 e. The lowest BCUT2D eigenvalue weighted by molar-refractivity contribution is 0.701. The van der Waals surface area contributed by atoms with Crippen LogP contribution in [0.15, 0.2) is 30.3 Å². The van der Waals surface area contributed by atoms with E-state index >= 15 is 0 Å². The zero-order valence-corrected chi connectivity index (χ0v) is 11.7. The van der Waals surface area contributed by atoms with Gasteiger partial charge in [0.25, 0.3) is 0 Å². The molecule has 0 saturated carbocycles. The van der Waals surface area contributed by atoms with Crippen LogP contribution in [0.1, 0.15) is 20.9 Å². The number of halogens is 1. The maximum atomic E-state index is 6.09. The molecule has 0 aliphatic carbocycles. The lowest BCUT2D eigenvalue weighted by Crippen LogP contribution is -2.11. The van der Waals surface area contributed by atoms with Gasteiger partial charge in [-0.25, -0.2) is 0 Å². The molecule has 0 atom stereocenters. The zero-order valence-electron chi connectivity index (χ0n) is 10.1. The Labute approximate surface area is 111 Å². The summed E-state index contributed by atoms with van der Waals surface area (Å²) < 4.78 is 0. The van der Waals surface area contributed by atoms with Crippen LogP contribution in [0.3, 0.4) is 0 Å². The van der Waals surface area contributed by atoms with E-state index in [1.54, 1.807) is 0 Å². The van der Waals surface area contributed by atoms with Crippen molar-refractivity contribution in [2.75, 3.05) is 0 Å². The van der Waals surface area contributed by atoms with E-state index in [1.807, 2.05) is 24.3 Å². The van der Waals surface area contributed by atoms with Crippen molar-refractivity contribution in [1.29, 1.82) is 0 Å². The molecule has 2 aromatic rings. The lowest BCUT2D eigenvalue weighted by Gasteiger charge is -2.05. The van der Waals surface area contributed by atoms with Crippen LogP contribution in [0.25, 0.3) is 0 Å². The Hall–Kier alpha value is -0.830. The van der Waals surface area contributed by atoms with E-state index in [-0.39, 0.29) is 0 Å². The third-order valence-corrected chi connectivity index (χ3v) is 4.07. The molecule has 0 aliphatic heterocycles. The third kappa shape index (κ3) is 3.56. The van der Waals surface area contributed by atoms with Crippen LogP contribution in [-0.2, 0) is 13.1 Å². The molecule has 1 N–H and O–H groups in total. The normalized spacial score (nSPS) is 10.8. The van der Waals surface area contributed by atoms with Crippen molar-refractivity contribution in [1.82, 2.24) is 5.32 Å². The fourth-order valence-corrected chi connectivity index (χ4v) is 2.72. The van der Waals surface area contributed by atoms with Crippen LogP contribution >= 0.6 is 22.9 Å². The van der Waals surface area contributed by atoms with Crippen LogP contribution < -0.4 is 5.32 Å². The number of nitrogens with one attached hydrogen (secondary N) is 1. The minimum absolute atomic E-state index is 0.844. The Bertz CT molecular complexity index is 505. The number of hydrogen-bond acceptors (Lipinski definition) is 2. The number of hydrogen-bond donors (Lipinski definition) is 1. The summed E-state index contributed by atoms with van der Waals surface area (Å²) in [5.41, 5.74) is 2.36. The van der Waals surface area contributed by atoms with Crippen molar-refractivity contribution in [3.8, 4) is 0 Å². The standard InChI is InChI=1S/C14H16ClNS/c1-10-3-5-12(7-14(10)15)8-16-9-13-6-4-11(2)17-13/h3-7,16H,8-9H2,1-2H3. The number of aryl methyl sites for hydroxylation is 2. The summed E-state index contributed by atoms with van der Waals surface area (Å²) in [6, 6.07) is 10.5. The van der Waals surface area contributed by atoms with E-state index in [0.29, 0.717) is 0 Å². The fourth-order valence-electron chi connectivity index (χ4n) is 1.66. The summed E-state index contributed by atoms with van der Waals surface area (Å²) in [6.07, 6.45) is 0. The van der Waals surface area contributed by atoms with Crippen molar-refractivity contribution >= 4 is 22.9 Å². The van der Waals surface area contributed by atoms with Crippen molar-refractivity contribution in [3.05, 3.63) is 56.2 Å². The predicted octanol–water partition coefficient (Wildman–Crippen LogP) is 4.31. The molecule has 0 fully saturated rings. The number of benzene rings is 1. The van der Waals surface area contributed by atoms with Crippen LogP contribution in [0.5, 0.6) is 0 Å². The molecule has 17 heavy (non-hydrogen) atoms. The van der Waals surface area contributed by atoms with Gasteiger partial charge in [-0.1, -0.05) is 23.7 Å². The molecule has 1 aromatic heterocycles. The number of rotatable bonds is 4. The molecule has 0 saturated heterocycles. The second-order valence-electron chi connectivity index (χ2n) is 4.20. The molecule has 0 amide bonds. The largest absolute Gasteiger partial charge is 0.308 e. The molecule has 2 rings (SSSR count). The summed E-state index contributed by atoms with van der Waals surface area (Å²) >= 11 is 7.93. The van der Waals surface area contributed by atoms with E-state index in [9.17, 15) is 0 Å². The lowest BCUT2D eigenvalue weighted by atomic mass is 10.1. The molecule has 0 unspecified atom stereocenters. The molecule has 3 heteroatoms. The van der Waals surface area contributed by atoms with Gasteiger partial charge in [0.15, 0.2) is 0 Å². The van der Waals surface area contributed by atoms with E-state index in [0.717, 1.165) is 23.7 Å². The predicted molar refractivity (Wildman–Crippen MR) is 75.8 cm³/mol. The van der Waals surface area contributed by atoms with Gasteiger partial charge < -0.3 is 5.32 Å². The molecule has 1 aromatic carbocycles. The first-order valence-corrected chi connectivity index (χ1v) is 6.85. The molecule has 0 bridgehead atoms. The molecule has 90 valence electrons. The highest BCUT2D eigenvalue weighted by atomic mass is 35.5. The van der Waals surface area contributed by atoms with Gasteiger partial charge in [-0.15, -0.1) is 11.3 Å². The highest BCUT2D eigenvalue weighted by molar-refractivity contribution is 7.11. The van der Waals surface area contributed by atoms with Crippen molar-refractivity contribution in [2.24, 2.45) is 0 Å². The van der Waals surface area contributed by atoms with Crippen LogP contribution in [0.4, 0.5) is 0 Å². The Morgan fingerprint density at radius 3 is 2.59 bits per heavy atom. The Morgan fingerprint density at radius 1 is 1.12 bits per heavy atom. The average molecular weight is 266 g/mol. The first-order chi connectivity index (χ1) is 8.15. The van der Waals surface area contributed by atoms with Crippen molar-refractivity contribution in [2.45, 2.75) is 26.9 Å².